The predicted octanol–water partition coefficient (Wildman–Crippen LogP) is 6.19. The molecule has 1 aromatic carbocycles. The molecule has 25 heavy (non-hydrogen) atoms. The molecule has 1 atom stereocenters. The van der Waals surface area contributed by atoms with E-state index in [1.54, 1.807) is 33.6 Å². The van der Waals surface area contributed by atoms with Gasteiger partial charge in [-0.05, 0) is 0 Å². The van der Waals surface area contributed by atoms with Gasteiger partial charge in [0.25, 0.3) is 0 Å². The average molecular weight is 474 g/mol. The average Bonchev–Trinajstić information content (AvgIpc) is 3.08. The van der Waals surface area contributed by atoms with Crippen molar-refractivity contribution in [1.29, 1.82) is 0 Å². The van der Waals surface area contributed by atoms with Gasteiger partial charge in [-0.1, -0.05) is 0 Å². The van der Waals surface area contributed by atoms with Crippen LogP contribution in [0.5, 0.6) is 0 Å². The fourth-order valence-electron chi connectivity index (χ4n) is 3.61. The molecule has 5 heteroatoms. The van der Waals surface area contributed by atoms with Gasteiger partial charge >= 0.3 is 157 Å². The zero-order valence-corrected chi connectivity index (χ0v) is 20.3. The number of hydrogen-bond donors (Lipinski definition) is 0. The van der Waals surface area contributed by atoms with Gasteiger partial charge < -0.3 is 0 Å². The Labute approximate surface area is 180 Å². The van der Waals surface area contributed by atoms with Crippen molar-refractivity contribution in [3.8, 4) is 0 Å². The molecule has 2 aliphatic carbocycles. The predicted molar refractivity (Wildman–Crippen MR) is 111 cm³/mol. The summed E-state index contributed by atoms with van der Waals surface area (Å²) in [6.45, 7) is 7.69. The van der Waals surface area contributed by atoms with Crippen LogP contribution in [0.2, 0.25) is 19.6 Å². The van der Waals surface area contributed by atoms with E-state index in [1.165, 1.54) is 11.1 Å². The first-order chi connectivity index (χ1) is 10.9. The van der Waals surface area contributed by atoms with Crippen LogP contribution in [0.15, 0.2) is 51.3 Å². The fraction of sp³-hybridized carbons (Fsp3) is 0.400. The summed E-state index contributed by atoms with van der Waals surface area (Å²) in [5.41, 5.74) is 4.49. The van der Waals surface area contributed by atoms with E-state index in [0.29, 0.717) is 0 Å². The van der Waals surface area contributed by atoms with Gasteiger partial charge in [-0.15, -0.1) is 24.8 Å². The van der Waals surface area contributed by atoms with Gasteiger partial charge in [0, 0.05) is 0 Å². The Morgan fingerprint density at radius 1 is 1.12 bits per heavy atom. The Balaban J connectivity index is 0.00000156. The topological polar surface area (TPSA) is 9.23 Å². The first kappa shape index (κ1) is 23.1. The second-order valence-corrected chi connectivity index (χ2v) is 13.5. The summed E-state index contributed by atoms with van der Waals surface area (Å²) in [5, 5.41) is 0. The van der Waals surface area contributed by atoms with E-state index in [1.807, 2.05) is 0 Å². The SMILES string of the molecule is C[Si](C)(C)OCCCC1(C2=[C]([Zr])CC=C2)C=Cc2ccccc21.Cl.Cl. The van der Waals surface area contributed by atoms with Crippen molar-refractivity contribution in [2.45, 2.75) is 44.3 Å². The molecular formula is C20H27Cl2OSiZr. The van der Waals surface area contributed by atoms with E-state index in [0.717, 1.165) is 25.9 Å². The molecule has 3 rings (SSSR count). The molecule has 0 radical (unpaired) electrons. The van der Waals surface area contributed by atoms with Crippen LogP contribution in [0.3, 0.4) is 0 Å². The molecular weight excluding hydrogens is 446 g/mol. The maximum Gasteiger partial charge on any atom is -0.147 e. The van der Waals surface area contributed by atoms with Gasteiger partial charge in [-0.25, -0.2) is 0 Å². The van der Waals surface area contributed by atoms with E-state index in [9.17, 15) is 0 Å². The molecule has 0 saturated heterocycles. The molecule has 2 aliphatic rings. The Hall–Kier alpha value is 0.0800. The van der Waals surface area contributed by atoms with Crippen LogP contribution in [0.4, 0.5) is 0 Å². The summed E-state index contributed by atoms with van der Waals surface area (Å²) in [7, 11) is -1.41. The number of rotatable bonds is 6. The van der Waals surface area contributed by atoms with E-state index in [2.05, 4.69) is 68.2 Å². The largest absolute Gasteiger partial charge is 0.147 e. The number of halogens is 2. The van der Waals surface area contributed by atoms with Crippen molar-refractivity contribution < 1.29 is 29.1 Å². The molecule has 1 nitrogen and oxygen atoms in total. The van der Waals surface area contributed by atoms with Crippen LogP contribution in [-0.2, 0) is 34.6 Å². The summed E-state index contributed by atoms with van der Waals surface area (Å²) in [4.78, 5) is 0. The maximum absolute atomic E-state index is 6.10. The van der Waals surface area contributed by atoms with Crippen molar-refractivity contribution in [3.05, 3.63) is 62.5 Å². The molecule has 0 N–H and O–H groups in total. The van der Waals surface area contributed by atoms with Crippen molar-refractivity contribution in [2.24, 2.45) is 0 Å². The molecule has 0 saturated carbocycles. The Morgan fingerprint density at radius 3 is 2.48 bits per heavy atom. The molecule has 0 fully saturated rings. The minimum atomic E-state index is -1.41. The van der Waals surface area contributed by atoms with E-state index in [-0.39, 0.29) is 30.2 Å². The zero-order chi connectivity index (χ0) is 16.5. The quantitative estimate of drug-likeness (QED) is 0.354. The second kappa shape index (κ2) is 9.33. The molecule has 1 unspecified atom stereocenters. The first-order valence-electron chi connectivity index (χ1n) is 8.47. The third-order valence-electron chi connectivity index (χ3n) is 4.65. The summed E-state index contributed by atoms with van der Waals surface area (Å²) < 4.78 is 7.70. The van der Waals surface area contributed by atoms with E-state index in [4.69, 9.17) is 4.43 Å². The Morgan fingerprint density at radius 2 is 1.84 bits per heavy atom. The zero-order valence-electron chi connectivity index (χ0n) is 15.2. The minimum absolute atomic E-state index is 0. The molecule has 0 heterocycles. The van der Waals surface area contributed by atoms with Crippen molar-refractivity contribution in [3.63, 3.8) is 0 Å². The number of hydrogen-bond acceptors (Lipinski definition) is 1. The molecule has 1 aromatic rings. The van der Waals surface area contributed by atoms with Gasteiger partial charge in [0.05, 0.1) is 0 Å². The van der Waals surface area contributed by atoms with E-state index >= 15 is 0 Å². The summed E-state index contributed by atoms with van der Waals surface area (Å²) >= 11 is 1.55. The van der Waals surface area contributed by atoms with Crippen LogP contribution in [0.25, 0.3) is 6.08 Å². The smallest absolute Gasteiger partial charge is 0.147 e. The van der Waals surface area contributed by atoms with Crippen molar-refractivity contribution in [2.75, 3.05) is 6.61 Å². The van der Waals surface area contributed by atoms with Crippen molar-refractivity contribution >= 4 is 39.2 Å². The normalized spacial score (nSPS) is 21.0. The molecule has 0 spiro atoms. The minimum Gasteiger partial charge on any atom is -0.147 e. The monoisotopic (exact) mass is 471 g/mol. The maximum atomic E-state index is 6.10. The van der Waals surface area contributed by atoms with Gasteiger partial charge in [-0.3, -0.25) is 0 Å². The van der Waals surface area contributed by atoms with Crippen LogP contribution in [0, 0.1) is 0 Å². The standard InChI is InChI=1S/C20H25OSi.2ClH.Zr/c1-22(2,3)21-16-8-14-20(18-10-5-6-11-18)15-13-17-9-4-7-12-19(17)20;;;/h4-5,7,9-10,12-13,15H,6,8,14,16H2,1-3H3;2*1H;. The van der Waals surface area contributed by atoms with Gasteiger partial charge in [0.15, 0.2) is 0 Å². The van der Waals surface area contributed by atoms with E-state index < -0.39 is 8.32 Å². The van der Waals surface area contributed by atoms with Crippen LogP contribution < -0.4 is 0 Å². The van der Waals surface area contributed by atoms with Gasteiger partial charge in [0.1, 0.15) is 0 Å². The Kier molecular flexibility index (Phi) is 8.63. The van der Waals surface area contributed by atoms with Gasteiger partial charge in [0.2, 0.25) is 0 Å². The second-order valence-electron chi connectivity index (χ2n) is 7.46. The number of benzene rings is 1. The van der Waals surface area contributed by atoms with Crippen LogP contribution >= 0.6 is 24.8 Å². The molecule has 0 aliphatic heterocycles. The number of allylic oxidation sites excluding steroid dienone is 5. The summed E-state index contributed by atoms with van der Waals surface area (Å²) in [5.74, 6) is 0. The molecule has 0 bridgehead atoms. The third kappa shape index (κ3) is 5.08. The molecule has 135 valence electrons. The third-order valence-corrected chi connectivity index (χ3v) is 6.89. The van der Waals surface area contributed by atoms with Gasteiger partial charge in [-0.2, -0.15) is 0 Å². The summed E-state index contributed by atoms with van der Waals surface area (Å²) in [6.07, 6.45) is 12.9. The fourth-order valence-corrected chi connectivity index (χ4v) is 5.41. The summed E-state index contributed by atoms with van der Waals surface area (Å²) in [6, 6.07) is 8.89. The first-order valence-corrected chi connectivity index (χ1v) is 13.1. The van der Waals surface area contributed by atoms with Crippen LogP contribution in [-0.4, -0.2) is 14.9 Å². The molecule has 0 amide bonds. The van der Waals surface area contributed by atoms with Crippen molar-refractivity contribution in [1.82, 2.24) is 0 Å². The number of fused-ring (bicyclic) bond motifs is 1. The Bertz CT molecular complexity index is 691. The van der Waals surface area contributed by atoms with Crippen LogP contribution in [0.1, 0.15) is 30.4 Å². The molecule has 0 aromatic heterocycles.